The minimum absolute atomic E-state index is 0.00745. The summed E-state index contributed by atoms with van der Waals surface area (Å²) in [7, 11) is 0. The number of H-pyrrole nitrogens is 1. The molecule has 7 nitrogen and oxygen atoms in total. The van der Waals surface area contributed by atoms with Crippen LogP contribution in [0, 0.1) is 0 Å². The van der Waals surface area contributed by atoms with Crippen molar-refractivity contribution in [2.45, 2.75) is 51.6 Å². The molecule has 0 atom stereocenters. The minimum atomic E-state index is -0.137. The first-order chi connectivity index (χ1) is 11.6. The fourth-order valence-electron chi connectivity index (χ4n) is 3.69. The van der Waals surface area contributed by atoms with E-state index in [0.29, 0.717) is 17.4 Å². The van der Waals surface area contributed by atoms with Crippen LogP contribution in [0.15, 0.2) is 12.3 Å². The molecule has 0 radical (unpaired) electrons. The molecule has 0 spiro atoms. The summed E-state index contributed by atoms with van der Waals surface area (Å²) in [6.07, 6.45) is 7.21. The average molecular weight is 327 g/mol. The molecule has 0 saturated heterocycles. The summed E-state index contributed by atoms with van der Waals surface area (Å²) in [6, 6.07) is 2.21. The van der Waals surface area contributed by atoms with Crippen molar-refractivity contribution in [2.75, 3.05) is 5.32 Å². The van der Waals surface area contributed by atoms with Crippen molar-refractivity contribution in [1.82, 2.24) is 20.1 Å². The Balaban J connectivity index is 1.59. The summed E-state index contributed by atoms with van der Waals surface area (Å²) < 4.78 is 2.07. The van der Waals surface area contributed by atoms with Crippen LogP contribution in [0.25, 0.3) is 11.4 Å². The molecule has 0 unspecified atom stereocenters. The summed E-state index contributed by atoms with van der Waals surface area (Å²) in [5, 5.41) is 13.1. The van der Waals surface area contributed by atoms with E-state index in [9.17, 15) is 9.59 Å². The maximum Gasteiger partial charge on any atom is 0.253 e. The molecule has 2 aromatic rings. The third kappa shape index (κ3) is 2.60. The Morgan fingerprint density at radius 3 is 2.88 bits per heavy atom. The number of hydrogen-bond acceptors (Lipinski definition) is 3. The van der Waals surface area contributed by atoms with Crippen molar-refractivity contribution >= 4 is 17.6 Å². The van der Waals surface area contributed by atoms with Crippen molar-refractivity contribution in [2.24, 2.45) is 0 Å². The van der Waals surface area contributed by atoms with Crippen LogP contribution in [-0.4, -0.2) is 32.6 Å². The van der Waals surface area contributed by atoms with Crippen molar-refractivity contribution in [3.05, 3.63) is 23.4 Å². The number of carbonyl (C=O) groups excluding carboxylic acids is 2. The predicted octanol–water partition coefficient (Wildman–Crippen LogP) is 2.07. The summed E-state index contributed by atoms with van der Waals surface area (Å²) in [5.41, 5.74) is 3.50. The Hall–Kier alpha value is -2.57. The van der Waals surface area contributed by atoms with E-state index in [1.165, 1.54) is 19.8 Å². The fourth-order valence-corrected chi connectivity index (χ4v) is 3.69. The van der Waals surface area contributed by atoms with Gasteiger partial charge in [0.15, 0.2) is 5.82 Å². The molecule has 2 amide bonds. The van der Waals surface area contributed by atoms with Gasteiger partial charge < -0.3 is 15.2 Å². The van der Waals surface area contributed by atoms with E-state index in [1.807, 2.05) is 12.3 Å². The van der Waals surface area contributed by atoms with Crippen molar-refractivity contribution in [3.63, 3.8) is 0 Å². The third-order valence-corrected chi connectivity index (χ3v) is 4.87. The molecular formula is C17H21N5O2. The van der Waals surface area contributed by atoms with Crippen LogP contribution in [0.5, 0.6) is 0 Å². The van der Waals surface area contributed by atoms with E-state index in [-0.39, 0.29) is 11.8 Å². The van der Waals surface area contributed by atoms with Crippen LogP contribution in [0.4, 0.5) is 5.82 Å². The van der Waals surface area contributed by atoms with Gasteiger partial charge in [-0.1, -0.05) is 12.8 Å². The topological polar surface area (TPSA) is 91.8 Å². The van der Waals surface area contributed by atoms with Crippen LogP contribution in [-0.2, 0) is 17.8 Å². The molecule has 2 aliphatic rings. The number of aromatic amines is 1. The number of hydrogen-bond donors (Lipinski definition) is 3. The van der Waals surface area contributed by atoms with E-state index >= 15 is 0 Å². The van der Waals surface area contributed by atoms with Gasteiger partial charge in [-0.25, -0.2) is 0 Å². The number of nitrogens with one attached hydrogen (secondary N) is 3. The molecule has 1 saturated carbocycles. The smallest absolute Gasteiger partial charge is 0.253 e. The second-order valence-corrected chi connectivity index (χ2v) is 6.62. The van der Waals surface area contributed by atoms with Gasteiger partial charge in [0, 0.05) is 31.3 Å². The minimum Gasteiger partial charge on any atom is -0.349 e. The first-order valence-electron chi connectivity index (χ1n) is 8.48. The van der Waals surface area contributed by atoms with Gasteiger partial charge in [-0.3, -0.25) is 14.7 Å². The van der Waals surface area contributed by atoms with Gasteiger partial charge in [0.1, 0.15) is 0 Å². The van der Waals surface area contributed by atoms with Crippen LogP contribution in [0.1, 0.15) is 48.5 Å². The van der Waals surface area contributed by atoms with Crippen molar-refractivity contribution < 1.29 is 9.59 Å². The molecule has 7 heteroatoms. The maximum atomic E-state index is 12.5. The molecule has 0 aromatic carbocycles. The van der Waals surface area contributed by atoms with Gasteiger partial charge in [0.2, 0.25) is 5.91 Å². The highest BCUT2D eigenvalue weighted by molar-refractivity contribution is 5.96. The fraction of sp³-hybridized carbons (Fsp3) is 0.471. The lowest BCUT2D eigenvalue weighted by Gasteiger charge is -2.15. The van der Waals surface area contributed by atoms with Gasteiger partial charge in [-0.05, 0) is 25.3 Å². The van der Waals surface area contributed by atoms with E-state index in [1.54, 1.807) is 0 Å². The molecular weight excluding hydrogens is 306 g/mol. The number of carbonyl (C=O) groups is 2. The van der Waals surface area contributed by atoms with Gasteiger partial charge in [-0.15, -0.1) is 0 Å². The highest BCUT2D eigenvalue weighted by Crippen LogP contribution is 2.33. The Kier molecular flexibility index (Phi) is 3.63. The first kappa shape index (κ1) is 15.0. The molecule has 4 rings (SSSR count). The molecule has 126 valence electrons. The number of aromatic nitrogens is 3. The van der Waals surface area contributed by atoms with E-state index < -0.39 is 0 Å². The van der Waals surface area contributed by atoms with Crippen LogP contribution in [0.2, 0.25) is 0 Å². The van der Waals surface area contributed by atoms with E-state index in [4.69, 9.17) is 0 Å². The molecule has 1 fully saturated rings. The molecule has 2 aromatic heterocycles. The van der Waals surface area contributed by atoms with E-state index in [2.05, 4.69) is 25.4 Å². The normalized spacial score (nSPS) is 16.5. The zero-order chi connectivity index (χ0) is 16.7. The predicted molar refractivity (Wildman–Crippen MR) is 89.7 cm³/mol. The SMILES string of the molecule is CC(=O)Nc1n[nH]c2c1CCn1cc(C(=O)NC3CCCC3)cc1-2. The first-order valence-corrected chi connectivity index (χ1v) is 8.48. The van der Waals surface area contributed by atoms with Crippen molar-refractivity contribution in [1.29, 1.82) is 0 Å². The van der Waals surface area contributed by atoms with Gasteiger partial charge in [0.25, 0.3) is 5.91 Å². The third-order valence-electron chi connectivity index (χ3n) is 4.87. The molecule has 1 aliphatic carbocycles. The maximum absolute atomic E-state index is 12.5. The second kappa shape index (κ2) is 5.81. The summed E-state index contributed by atoms with van der Waals surface area (Å²) in [5.74, 6) is 0.441. The van der Waals surface area contributed by atoms with Crippen LogP contribution >= 0.6 is 0 Å². The Labute approximate surface area is 139 Å². The largest absolute Gasteiger partial charge is 0.349 e. The van der Waals surface area contributed by atoms with E-state index in [0.717, 1.165) is 42.8 Å². The summed E-state index contributed by atoms with van der Waals surface area (Å²) in [6.45, 7) is 2.24. The van der Waals surface area contributed by atoms with Gasteiger partial charge in [-0.2, -0.15) is 5.10 Å². The summed E-state index contributed by atoms with van der Waals surface area (Å²) >= 11 is 0. The zero-order valence-electron chi connectivity index (χ0n) is 13.7. The molecule has 3 N–H and O–H groups in total. The Morgan fingerprint density at radius 1 is 1.33 bits per heavy atom. The molecule has 0 bridgehead atoms. The molecule has 1 aliphatic heterocycles. The number of amides is 2. The lowest BCUT2D eigenvalue weighted by atomic mass is 10.1. The summed E-state index contributed by atoms with van der Waals surface area (Å²) in [4.78, 5) is 23.8. The lowest BCUT2D eigenvalue weighted by molar-refractivity contribution is -0.114. The average Bonchev–Trinajstić information content (AvgIpc) is 3.24. The number of rotatable bonds is 3. The molecule has 24 heavy (non-hydrogen) atoms. The van der Waals surface area contributed by atoms with Gasteiger partial charge in [0.05, 0.1) is 17.0 Å². The van der Waals surface area contributed by atoms with Gasteiger partial charge >= 0.3 is 0 Å². The number of nitrogens with zero attached hydrogens (tertiary/aromatic N) is 2. The number of aryl methyl sites for hydroxylation is 1. The standard InChI is InChI=1S/C17H21N5O2/c1-10(23)18-16-13-6-7-22-9-11(8-14(22)15(13)20-21-16)17(24)19-12-4-2-3-5-12/h8-9,12H,2-7H2,1H3,(H,19,24)(H2,18,20,21,23). The Morgan fingerprint density at radius 2 is 2.12 bits per heavy atom. The second-order valence-electron chi connectivity index (χ2n) is 6.62. The van der Waals surface area contributed by atoms with Crippen molar-refractivity contribution in [3.8, 4) is 11.4 Å². The molecule has 3 heterocycles. The number of fused-ring (bicyclic) bond motifs is 3. The quantitative estimate of drug-likeness (QED) is 0.806. The highest BCUT2D eigenvalue weighted by Gasteiger charge is 2.25. The Bertz CT molecular complexity index is 798. The monoisotopic (exact) mass is 327 g/mol. The lowest BCUT2D eigenvalue weighted by Crippen LogP contribution is -2.32. The van der Waals surface area contributed by atoms with Crippen LogP contribution in [0.3, 0.4) is 0 Å². The van der Waals surface area contributed by atoms with Crippen LogP contribution < -0.4 is 10.6 Å². The highest BCUT2D eigenvalue weighted by atomic mass is 16.2. The number of anilines is 1. The zero-order valence-corrected chi connectivity index (χ0v) is 13.7.